The smallest absolute Gasteiger partial charge is 0.244 e. The van der Waals surface area contributed by atoms with E-state index in [4.69, 9.17) is 4.42 Å². The topological polar surface area (TPSA) is 79.5 Å². The van der Waals surface area contributed by atoms with Gasteiger partial charge in [0.1, 0.15) is 16.4 Å². The van der Waals surface area contributed by atoms with E-state index in [1.54, 1.807) is 13.8 Å². The lowest BCUT2D eigenvalue weighted by molar-refractivity contribution is 0.188. The molecule has 0 radical (unpaired) electrons. The zero-order valence-corrected chi connectivity index (χ0v) is 14.0. The van der Waals surface area contributed by atoms with Crippen LogP contribution in [0.1, 0.15) is 56.6 Å². The minimum atomic E-state index is -3.69. The van der Waals surface area contributed by atoms with Crippen molar-refractivity contribution in [3.05, 3.63) is 17.1 Å². The summed E-state index contributed by atoms with van der Waals surface area (Å²) in [6, 6.07) is -0.0857. The Balaban J connectivity index is 2.35. The fourth-order valence-corrected chi connectivity index (χ4v) is 5.09. The van der Waals surface area contributed by atoms with Crippen LogP contribution in [0, 0.1) is 19.3 Å². The second kappa shape index (κ2) is 5.74. The summed E-state index contributed by atoms with van der Waals surface area (Å²) in [5.41, 5.74) is 0.297. The number of rotatable bonds is 4. The summed E-state index contributed by atoms with van der Waals surface area (Å²) >= 11 is 0. The molecule has 1 fully saturated rings. The predicted octanol–water partition coefficient (Wildman–Crippen LogP) is 2.64. The molecule has 0 amide bonds. The molecule has 1 saturated carbocycles. The van der Waals surface area contributed by atoms with Gasteiger partial charge in [-0.2, -0.15) is 0 Å². The first-order valence-electron chi connectivity index (χ1n) is 7.41. The lowest BCUT2D eigenvalue weighted by Gasteiger charge is -2.38. The van der Waals surface area contributed by atoms with E-state index in [0.29, 0.717) is 17.1 Å². The van der Waals surface area contributed by atoms with E-state index in [9.17, 15) is 13.5 Å². The minimum Gasteiger partial charge on any atom is -0.465 e. The Morgan fingerprint density at radius 3 is 2.52 bits per heavy atom. The van der Waals surface area contributed by atoms with Crippen LogP contribution in [0.3, 0.4) is 0 Å². The molecular formula is C15H25NO4S. The van der Waals surface area contributed by atoms with Crippen LogP contribution < -0.4 is 4.72 Å². The van der Waals surface area contributed by atoms with Gasteiger partial charge in [0, 0.05) is 11.6 Å². The molecule has 0 aromatic carbocycles. The van der Waals surface area contributed by atoms with Gasteiger partial charge in [-0.3, -0.25) is 0 Å². The van der Waals surface area contributed by atoms with Crippen molar-refractivity contribution in [3.63, 3.8) is 0 Å². The molecule has 5 nitrogen and oxygen atoms in total. The summed E-state index contributed by atoms with van der Waals surface area (Å²) in [5.74, 6) is 0.788. The molecule has 2 rings (SSSR count). The first-order valence-corrected chi connectivity index (χ1v) is 8.89. The molecule has 1 heterocycles. The standard InChI is InChI=1S/C15H25NO4S/c1-10-12(9-17)14(11(2)20-10)21(18,19)16-13-7-5-6-8-15(13,3)4/h13,16-17H,5-9H2,1-4H3. The van der Waals surface area contributed by atoms with Crippen molar-refractivity contribution in [2.24, 2.45) is 5.41 Å². The summed E-state index contributed by atoms with van der Waals surface area (Å²) in [6.07, 6.45) is 4.02. The number of hydrogen-bond donors (Lipinski definition) is 2. The molecule has 1 aliphatic rings. The van der Waals surface area contributed by atoms with Crippen LogP contribution in [-0.2, 0) is 16.6 Å². The van der Waals surface area contributed by atoms with Crippen molar-refractivity contribution in [1.82, 2.24) is 4.72 Å². The number of aliphatic hydroxyl groups is 1. The average Bonchev–Trinajstić information content (AvgIpc) is 2.66. The van der Waals surface area contributed by atoms with Gasteiger partial charge in [-0.1, -0.05) is 26.7 Å². The van der Waals surface area contributed by atoms with E-state index >= 15 is 0 Å². The molecule has 0 saturated heterocycles. The highest BCUT2D eigenvalue weighted by molar-refractivity contribution is 7.89. The van der Waals surface area contributed by atoms with Crippen molar-refractivity contribution in [3.8, 4) is 0 Å². The van der Waals surface area contributed by atoms with Crippen molar-refractivity contribution < 1.29 is 17.9 Å². The average molecular weight is 315 g/mol. The Labute approximate surface area is 126 Å². The molecule has 1 atom stereocenters. The first kappa shape index (κ1) is 16.5. The Morgan fingerprint density at radius 1 is 1.29 bits per heavy atom. The summed E-state index contributed by atoms with van der Waals surface area (Å²) in [6.45, 7) is 7.14. The normalized spacial score (nSPS) is 22.4. The zero-order chi connectivity index (χ0) is 15.8. The van der Waals surface area contributed by atoms with E-state index in [-0.39, 0.29) is 23.0 Å². The third-order valence-electron chi connectivity index (χ3n) is 4.56. The van der Waals surface area contributed by atoms with Crippen molar-refractivity contribution in [2.45, 2.75) is 70.9 Å². The lowest BCUT2D eigenvalue weighted by atomic mass is 9.74. The number of sulfonamides is 1. The molecule has 120 valence electrons. The van der Waals surface area contributed by atoms with Gasteiger partial charge < -0.3 is 9.52 Å². The van der Waals surface area contributed by atoms with Crippen LogP contribution in [0.5, 0.6) is 0 Å². The molecule has 2 N–H and O–H groups in total. The number of aliphatic hydroxyl groups excluding tert-OH is 1. The lowest BCUT2D eigenvalue weighted by Crippen LogP contribution is -2.46. The molecule has 1 aliphatic carbocycles. The summed E-state index contributed by atoms with van der Waals surface area (Å²) < 4.78 is 33.7. The van der Waals surface area contributed by atoms with Gasteiger partial charge in [0.2, 0.25) is 10.0 Å². The first-order chi connectivity index (χ1) is 9.69. The third-order valence-corrected chi connectivity index (χ3v) is 6.22. The molecule has 1 aromatic heterocycles. The van der Waals surface area contributed by atoms with E-state index < -0.39 is 10.0 Å². The third kappa shape index (κ3) is 3.17. The second-order valence-electron chi connectivity index (χ2n) is 6.59. The molecule has 0 spiro atoms. The molecule has 21 heavy (non-hydrogen) atoms. The van der Waals surface area contributed by atoms with Crippen LogP contribution >= 0.6 is 0 Å². The summed E-state index contributed by atoms with van der Waals surface area (Å²) in [5, 5.41) is 9.43. The van der Waals surface area contributed by atoms with E-state index in [1.807, 2.05) is 0 Å². The van der Waals surface area contributed by atoms with Crippen LogP contribution in [-0.4, -0.2) is 19.6 Å². The monoisotopic (exact) mass is 315 g/mol. The Hall–Kier alpha value is -0.850. The van der Waals surface area contributed by atoms with Gasteiger partial charge >= 0.3 is 0 Å². The van der Waals surface area contributed by atoms with E-state index in [0.717, 1.165) is 25.7 Å². The SMILES string of the molecule is Cc1oc(C)c(S(=O)(=O)NC2CCCCC2(C)C)c1CO. The van der Waals surface area contributed by atoms with Crippen LogP contribution in [0.25, 0.3) is 0 Å². The van der Waals surface area contributed by atoms with Crippen molar-refractivity contribution >= 4 is 10.0 Å². The maximum absolute atomic E-state index is 12.7. The predicted molar refractivity (Wildman–Crippen MR) is 80.5 cm³/mol. The second-order valence-corrected chi connectivity index (χ2v) is 8.24. The van der Waals surface area contributed by atoms with Crippen molar-refractivity contribution in [1.29, 1.82) is 0 Å². The Kier molecular flexibility index (Phi) is 4.52. The minimum absolute atomic E-state index is 0.0582. The maximum atomic E-state index is 12.7. The molecule has 1 aromatic rings. The fraction of sp³-hybridized carbons (Fsp3) is 0.733. The van der Waals surface area contributed by atoms with Gasteiger partial charge in [0.25, 0.3) is 0 Å². The van der Waals surface area contributed by atoms with E-state index in [2.05, 4.69) is 18.6 Å². The summed E-state index contributed by atoms with van der Waals surface area (Å²) in [7, 11) is -3.69. The van der Waals surface area contributed by atoms with Crippen LogP contribution in [0.4, 0.5) is 0 Å². The molecule has 0 aliphatic heterocycles. The molecular weight excluding hydrogens is 290 g/mol. The largest absolute Gasteiger partial charge is 0.465 e. The highest BCUT2D eigenvalue weighted by atomic mass is 32.2. The van der Waals surface area contributed by atoms with Gasteiger partial charge in [0.05, 0.1) is 6.61 Å². The van der Waals surface area contributed by atoms with Crippen LogP contribution in [0.2, 0.25) is 0 Å². The van der Waals surface area contributed by atoms with Crippen molar-refractivity contribution in [2.75, 3.05) is 0 Å². The van der Waals surface area contributed by atoms with Gasteiger partial charge in [-0.25, -0.2) is 13.1 Å². The van der Waals surface area contributed by atoms with Crippen LogP contribution in [0.15, 0.2) is 9.31 Å². The van der Waals surface area contributed by atoms with E-state index in [1.165, 1.54) is 0 Å². The highest BCUT2D eigenvalue weighted by Crippen LogP contribution is 2.37. The van der Waals surface area contributed by atoms with Gasteiger partial charge in [0.15, 0.2) is 0 Å². The summed E-state index contributed by atoms with van der Waals surface area (Å²) in [4.78, 5) is 0.101. The zero-order valence-electron chi connectivity index (χ0n) is 13.2. The number of nitrogens with one attached hydrogen (secondary N) is 1. The number of hydrogen-bond acceptors (Lipinski definition) is 4. The molecule has 0 bridgehead atoms. The Bertz CT molecular complexity index is 616. The Morgan fingerprint density at radius 2 is 1.95 bits per heavy atom. The maximum Gasteiger partial charge on any atom is 0.244 e. The fourth-order valence-electron chi connectivity index (χ4n) is 3.20. The quantitative estimate of drug-likeness (QED) is 0.895. The number of furan rings is 1. The number of aryl methyl sites for hydroxylation is 2. The van der Waals surface area contributed by atoms with Gasteiger partial charge in [-0.15, -0.1) is 0 Å². The molecule has 6 heteroatoms. The highest BCUT2D eigenvalue weighted by Gasteiger charge is 2.37. The van der Waals surface area contributed by atoms with Gasteiger partial charge in [-0.05, 0) is 32.1 Å². The molecule has 1 unspecified atom stereocenters.